The first-order chi connectivity index (χ1) is 12.4. The molecule has 2 N–H and O–H groups in total. The minimum Gasteiger partial charge on any atom is -0.493 e. The highest BCUT2D eigenvalue weighted by Gasteiger charge is 2.17. The van der Waals surface area contributed by atoms with Crippen LogP contribution in [0.15, 0.2) is 30.3 Å². The van der Waals surface area contributed by atoms with E-state index in [2.05, 4.69) is 10.6 Å². The third-order valence-corrected chi connectivity index (χ3v) is 4.11. The first-order valence-corrected chi connectivity index (χ1v) is 8.44. The van der Waals surface area contributed by atoms with Gasteiger partial charge in [-0.1, -0.05) is 17.7 Å². The molecule has 0 aliphatic rings. The molecule has 0 unspecified atom stereocenters. The number of methoxy groups -OCH3 is 1. The Morgan fingerprint density at radius 3 is 2.54 bits per heavy atom. The van der Waals surface area contributed by atoms with Crippen LogP contribution in [0.4, 0.5) is 5.69 Å². The van der Waals surface area contributed by atoms with Crippen molar-refractivity contribution in [1.82, 2.24) is 5.32 Å². The molecule has 0 bridgehead atoms. The van der Waals surface area contributed by atoms with Crippen molar-refractivity contribution in [3.63, 3.8) is 0 Å². The molecular weight excluding hydrogens is 356 g/mol. The van der Waals surface area contributed by atoms with Crippen LogP contribution in [-0.2, 0) is 0 Å². The third kappa shape index (κ3) is 4.08. The maximum atomic E-state index is 12.6. The van der Waals surface area contributed by atoms with Crippen molar-refractivity contribution in [2.45, 2.75) is 13.8 Å². The van der Waals surface area contributed by atoms with Gasteiger partial charge >= 0.3 is 0 Å². The summed E-state index contributed by atoms with van der Waals surface area (Å²) >= 11 is 6.22. The van der Waals surface area contributed by atoms with Crippen LogP contribution in [0.3, 0.4) is 0 Å². The molecule has 0 aliphatic heterocycles. The standard InChI is InChI=1S/C19H21ClN2O4/c1-5-26-17-14(20)9-12(10-16(17)25-4)18(23)22-15-8-6-7-13(11(15)2)19(24)21-3/h6-10H,5H2,1-4H3,(H,21,24)(H,22,23). The summed E-state index contributed by atoms with van der Waals surface area (Å²) in [4.78, 5) is 24.5. The van der Waals surface area contributed by atoms with E-state index in [0.29, 0.717) is 40.5 Å². The summed E-state index contributed by atoms with van der Waals surface area (Å²) in [5.74, 6) is 0.182. The van der Waals surface area contributed by atoms with Gasteiger partial charge in [0.05, 0.1) is 18.7 Å². The number of hydrogen-bond acceptors (Lipinski definition) is 4. The van der Waals surface area contributed by atoms with Crippen LogP contribution in [-0.4, -0.2) is 32.6 Å². The molecule has 7 heteroatoms. The normalized spacial score (nSPS) is 10.2. The molecule has 2 amide bonds. The Labute approximate surface area is 157 Å². The quantitative estimate of drug-likeness (QED) is 0.806. The number of carbonyl (C=O) groups excluding carboxylic acids is 2. The molecule has 6 nitrogen and oxygen atoms in total. The lowest BCUT2D eigenvalue weighted by Crippen LogP contribution is -2.20. The summed E-state index contributed by atoms with van der Waals surface area (Å²) in [6, 6.07) is 8.21. The Bertz CT molecular complexity index is 837. The second-order valence-corrected chi connectivity index (χ2v) is 5.84. The first-order valence-electron chi connectivity index (χ1n) is 8.06. The molecule has 0 aromatic heterocycles. The highest BCUT2D eigenvalue weighted by molar-refractivity contribution is 6.32. The molecule has 0 radical (unpaired) electrons. The van der Waals surface area contributed by atoms with E-state index in [1.807, 2.05) is 6.92 Å². The summed E-state index contributed by atoms with van der Waals surface area (Å²) in [7, 11) is 3.04. The Morgan fingerprint density at radius 2 is 1.92 bits per heavy atom. The summed E-state index contributed by atoms with van der Waals surface area (Å²) < 4.78 is 10.7. The number of hydrogen-bond donors (Lipinski definition) is 2. The molecule has 0 fully saturated rings. The second kappa shape index (κ2) is 8.58. The van der Waals surface area contributed by atoms with Gasteiger partial charge in [-0.05, 0) is 43.7 Å². The molecule has 0 heterocycles. The number of benzene rings is 2. The number of anilines is 1. The van der Waals surface area contributed by atoms with Crippen molar-refractivity contribution in [1.29, 1.82) is 0 Å². The van der Waals surface area contributed by atoms with Crippen molar-refractivity contribution < 1.29 is 19.1 Å². The van der Waals surface area contributed by atoms with E-state index in [1.54, 1.807) is 38.2 Å². The van der Waals surface area contributed by atoms with Gasteiger partial charge in [-0.15, -0.1) is 0 Å². The Hall–Kier alpha value is -2.73. The summed E-state index contributed by atoms with van der Waals surface area (Å²) in [6.45, 7) is 4.03. The smallest absolute Gasteiger partial charge is 0.255 e. The lowest BCUT2D eigenvalue weighted by atomic mass is 10.1. The lowest BCUT2D eigenvalue weighted by molar-refractivity contribution is 0.0960. The first kappa shape index (κ1) is 19.6. The van der Waals surface area contributed by atoms with Gasteiger partial charge in [0.2, 0.25) is 0 Å². The number of halogens is 1. The Kier molecular flexibility index (Phi) is 6.46. The SMILES string of the molecule is CCOc1c(Cl)cc(C(=O)Nc2cccc(C(=O)NC)c2C)cc1OC. The van der Waals surface area contributed by atoms with Gasteiger partial charge in [0.25, 0.3) is 11.8 Å². The predicted octanol–water partition coefficient (Wildman–Crippen LogP) is 3.67. The van der Waals surface area contributed by atoms with Crippen LogP contribution in [0.2, 0.25) is 5.02 Å². The van der Waals surface area contributed by atoms with E-state index >= 15 is 0 Å². The van der Waals surface area contributed by atoms with E-state index in [1.165, 1.54) is 13.2 Å². The topological polar surface area (TPSA) is 76.7 Å². The van der Waals surface area contributed by atoms with Gasteiger partial charge < -0.3 is 20.1 Å². The van der Waals surface area contributed by atoms with Crippen LogP contribution >= 0.6 is 11.6 Å². The van der Waals surface area contributed by atoms with E-state index in [4.69, 9.17) is 21.1 Å². The second-order valence-electron chi connectivity index (χ2n) is 5.43. The summed E-state index contributed by atoms with van der Waals surface area (Å²) in [6.07, 6.45) is 0. The highest BCUT2D eigenvalue weighted by atomic mass is 35.5. The van der Waals surface area contributed by atoms with E-state index in [0.717, 1.165) is 0 Å². The average Bonchev–Trinajstić information content (AvgIpc) is 2.64. The molecular formula is C19H21ClN2O4. The molecule has 0 saturated heterocycles. The maximum Gasteiger partial charge on any atom is 0.255 e. The van der Waals surface area contributed by atoms with Gasteiger partial charge in [-0.25, -0.2) is 0 Å². The van der Waals surface area contributed by atoms with E-state index in [9.17, 15) is 9.59 Å². The average molecular weight is 377 g/mol. The zero-order valence-corrected chi connectivity index (χ0v) is 15.9. The minimum atomic E-state index is -0.370. The van der Waals surface area contributed by atoms with E-state index < -0.39 is 0 Å². The minimum absolute atomic E-state index is 0.218. The van der Waals surface area contributed by atoms with Gasteiger partial charge in [-0.2, -0.15) is 0 Å². The number of nitrogens with one attached hydrogen (secondary N) is 2. The zero-order valence-electron chi connectivity index (χ0n) is 15.1. The van der Waals surface area contributed by atoms with Crippen LogP contribution in [0, 0.1) is 6.92 Å². The molecule has 2 aromatic carbocycles. The number of carbonyl (C=O) groups is 2. The van der Waals surface area contributed by atoms with Crippen molar-refractivity contribution in [3.8, 4) is 11.5 Å². The maximum absolute atomic E-state index is 12.6. The summed E-state index contributed by atoms with van der Waals surface area (Å²) in [5, 5.41) is 5.66. The zero-order chi connectivity index (χ0) is 19.3. The Morgan fingerprint density at radius 1 is 1.19 bits per heavy atom. The van der Waals surface area contributed by atoms with Crippen LogP contribution < -0.4 is 20.1 Å². The van der Waals surface area contributed by atoms with Crippen molar-refractivity contribution in [3.05, 3.63) is 52.0 Å². The highest BCUT2D eigenvalue weighted by Crippen LogP contribution is 2.36. The molecule has 0 spiro atoms. The van der Waals surface area contributed by atoms with Crippen LogP contribution in [0.25, 0.3) is 0 Å². The largest absolute Gasteiger partial charge is 0.493 e. The molecule has 0 aliphatic carbocycles. The van der Waals surface area contributed by atoms with Crippen LogP contribution in [0.5, 0.6) is 11.5 Å². The molecule has 138 valence electrons. The summed E-state index contributed by atoms with van der Waals surface area (Å²) in [5.41, 5.74) is 2.02. The molecule has 0 atom stereocenters. The molecule has 2 rings (SSSR count). The molecule has 2 aromatic rings. The fraction of sp³-hybridized carbons (Fsp3) is 0.263. The lowest BCUT2D eigenvalue weighted by Gasteiger charge is -2.14. The van der Waals surface area contributed by atoms with Crippen LogP contribution in [0.1, 0.15) is 33.2 Å². The Balaban J connectivity index is 2.34. The fourth-order valence-corrected chi connectivity index (χ4v) is 2.75. The monoisotopic (exact) mass is 376 g/mol. The van der Waals surface area contributed by atoms with Crippen molar-refractivity contribution in [2.75, 3.05) is 26.1 Å². The predicted molar refractivity (Wildman–Crippen MR) is 102 cm³/mol. The van der Waals surface area contributed by atoms with Crippen molar-refractivity contribution in [2.24, 2.45) is 0 Å². The van der Waals surface area contributed by atoms with Gasteiger partial charge in [0, 0.05) is 23.9 Å². The van der Waals surface area contributed by atoms with Crippen molar-refractivity contribution >= 4 is 29.1 Å². The van der Waals surface area contributed by atoms with Gasteiger partial charge in [-0.3, -0.25) is 9.59 Å². The number of ether oxygens (including phenoxy) is 2. The third-order valence-electron chi connectivity index (χ3n) is 3.83. The fourth-order valence-electron chi connectivity index (χ4n) is 2.48. The van der Waals surface area contributed by atoms with Gasteiger partial charge in [0.15, 0.2) is 11.5 Å². The number of rotatable bonds is 6. The van der Waals surface area contributed by atoms with E-state index in [-0.39, 0.29) is 16.8 Å². The molecule has 26 heavy (non-hydrogen) atoms. The van der Waals surface area contributed by atoms with Gasteiger partial charge in [0.1, 0.15) is 0 Å². The molecule has 0 saturated carbocycles. The number of amides is 2.